The van der Waals surface area contributed by atoms with Crippen LogP contribution in [0.3, 0.4) is 0 Å². The van der Waals surface area contributed by atoms with Gasteiger partial charge in [-0.3, -0.25) is 4.79 Å². The first-order valence-electron chi connectivity index (χ1n) is 5.84. The van der Waals surface area contributed by atoms with Crippen LogP contribution in [0.4, 0.5) is 0 Å². The molecule has 0 amide bonds. The Kier molecular flexibility index (Phi) is 3.77. The summed E-state index contributed by atoms with van der Waals surface area (Å²) < 4.78 is 0. The minimum absolute atomic E-state index is 0.286. The number of carboxylic acid groups (broad SMARTS) is 1. The van der Waals surface area contributed by atoms with Gasteiger partial charge in [-0.05, 0) is 30.1 Å². The lowest BCUT2D eigenvalue weighted by Crippen LogP contribution is -2.48. The second-order valence-corrected chi connectivity index (χ2v) is 5.59. The van der Waals surface area contributed by atoms with Gasteiger partial charge in [0, 0.05) is 0 Å². The van der Waals surface area contributed by atoms with Crippen molar-refractivity contribution < 1.29 is 9.90 Å². The molecule has 0 radical (unpaired) electrons. The van der Waals surface area contributed by atoms with Gasteiger partial charge in [0.1, 0.15) is 6.04 Å². The van der Waals surface area contributed by atoms with Crippen LogP contribution < -0.4 is 5.73 Å². The van der Waals surface area contributed by atoms with Gasteiger partial charge in [-0.25, -0.2) is 0 Å². The number of aliphatic carboxylic acids is 1. The summed E-state index contributed by atoms with van der Waals surface area (Å²) in [5.41, 5.74) is 5.47. The largest absolute Gasteiger partial charge is 0.480 e. The Labute approximate surface area is 92.0 Å². The third-order valence-corrected chi connectivity index (χ3v) is 4.14. The first-order chi connectivity index (χ1) is 6.85. The number of rotatable bonds is 3. The zero-order valence-electron chi connectivity index (χ0n) is 9.99. The third-order valence-electron chi connectivity index (χ3n) is 4.14. The van der Waals surface area contributed by atoms with Crippen LogP contribution in [0, 0.1) is 17.3 Å². The van der Waals surface area contributed by atoms with Gasteiger partial charge in [-0.2, -0.15) is 0 Å². The van der Waals surface area contributed by atoms with Crippen molar-refractivity contribution in [2.45, 2.75) is 52.5 Å². The summed E-state index contributed by atoms with van der Waals surface area (Å²) in [6, 6.07) is -0.740. The number of carboxylic acids is 1. The zero-order chi connectivity index (χ0) is 11.6. The highest BCUT2D eigenvalue weighted by Gasteiger charge is 2.40. The van der Waals surface area contributed by atoms with Crippen LogP contribution in [-0.4, -0.2) is 17.1 Å². The molecule has 1 saturated carbocycles. The summed E-state index contributed by atoms with van der Waals surface area (Å²) >= 11 is 0. The minimum Gasteiger partial charge on any atom is -0.480 e. The summed E-state index contributed by atoms with van der Waals surface area (Å²) in [6.45, 7) is 6.25. The monoisotopic (exact) mass is 213 g/mol. The quantitative estimate of drug-likeness (QED) is 0.755. The first-order valence-corrected chi connectivity index (χ1v) is 5.84. The molecule has 88 valence electrons. The molecule has 3 N–H and O–H groups in total. The van der Waals surface area contributed by atoms with Gasteiger partial charge >= 0.3 is 5.97 Å². The number of hydrogen-bond acceptors (Lipinski definition) is 2. The SMILES string of the molecule is CC1CCC(C(C)(C)C(N)C(=O)O)CC1. The van der Waals surface area contributed by atoms with Gasteiger partial charge in [0.15, 0.2) is 0 Å². The molecule has 1 unspecified atom stereocenters. The lowest BCUT2D eigenvalue weighted by molar-refractivity contribution is -0.142. The minimum atomic E-state index is -0.876. The molecule has 0 heterocycles. The maximum Gasteiger partial charge on any atom is 0.321 e. The van der Waals surface area contributed by atoms with E-state index in [-0.39, 0.29) is 5.41 Å². The fourth-order valence-electron chi connectivity index (χ4n) is 2.58. The fourth-order valence-corrected chi connectivity index (χ4v) is 2.58. The standard InChI is InChI=1S/C12H23NO2/c1-8-4-6-9(7-5-8)12(2,3)10(13)11(14)15/h8-10H,4-7,13H2,1-3H3,(H,14,15). The van der Waals surface area contributed by atoms with Crippen molar-refractivity contribution in [1.82, 2.24) is 0 Å². The van der Waals surface area contributed by atoms with Gasteiger partial charge in [-0.1, -0.05) is 33.6 Å². The summed E-state index contributed by atoms with van der Waals surface area (Å²) in [4.78, 5) is 10.9. The van der Waals surface area contributed by atoms with Crippen LogP contribution >= 0.6 is 0 Å². The van der Waals surface area contributed by atoms with Crippen molar-refractivity contribution in [1.29, 1.82) is 0 Å². The van der Waals surface area contributed by atoms with E-state index in [0.29, 0.717) is 5.92 Å². The average Bonchev–Trinajstić information content (AvgIpc) is 2.17. The van der Waals surface area contributed by atoms with Gasteiger partial charge in [-0.15, -0.1) is 0 Å². The molecule has 3 heteroatoms. The molecule has 0 aromatic heterocycles. The van der Waals surface area contributed by atoms with Gasteiger partial charge < -0.3 is 10.8 Å². The molecule has 1 aliphatic rings. The topological polar surface area (TPSA) is 63.3 Å². The Morgan fingerprint density at radius 3 is 2.20 bits per heavy atom. The smallest absolute Gasteiger partial charge is 0.321 e. The van der Waals surface area contributed by atoms with E-state index in [1.54, 1.807) is 0 Å². The third kappa shape index (κ3) is 2.71. The van der Waals surface area contributed by atoms with Crippen LogP contribution in [0.15, 0.2) is 0 Å². The molecule has 1 fully saturated rings. The Morgan fingerprint density at radius 1 is 1.33 bits per heavy atom. The van der Waals surface area contributed by atoms with E-state index in [1.165, 1.54) is 12.8 Å². The van der Waals surface area contributed by atoms with E-state index in [1.807, 2.05) is 13.8 Å². The summed E-state index contributed by atoms with van der Waals surface area (Å²) in [5.74, 6) is 0.372. The number of hydrogen-bond donors (Lipinski definition) is 2. The van der Waals surface area contributed by atoms with Crippen molar-refractivity contribution >= 4 is 5.97 Å². The second kappa shape index (κ2) is 4.52. The molecular weight excluding hydrogens is 190 g/mol. The van der Waals surface area contributed by atoms with Gasteiger partial charge in [0.05, 0.1) is 0 Å². The molecule has 0 aromatic rings. The van der Waals surface area contributed by atoms with E-state index in [4.69, 9.17) is 10.8 Å². The molecule has 0 spiro atoms. The average molecular weight is 213 g/mol. The molecule has 3 nitrogen and oxygen atoms in total. The zero-order valence-corrected chi connectivity index (χ0v) is 9.99. The summed E-state index contributed by atoms with van der Waals surface area (Å²) in [5, 5.41) is 8.98. The van der Waals surface area contributed by atoms with Crippen molar-refractivity contribution in [3.63, 3.8) is 0 Å². The molecular formula is C12H23NO2. The predicted octanol–water partition coefficient (Wildman–Crippen LogP) is 2.25. The molecule has 1 rings (SSSR count). The van der Waals surface area contributed by atoms with Crippen molar-refractivity contribution in [2.75, 3.05) is 0 Å². The fraction of sp³-hybridized carbons (Fsp3) is 0.917. The van der Waals surface area contributed by atoms with Gasteiger partial charge in [0.2, 0.25) is 0 Å². The molecule has 0 bridgehead atoms. The molecule has 0 saturated heterocycles. The maximum atomic E-state index is 10.9. The Balaban J connectivity index is 2.65. The van der Waals surface area contributed by atoms with Crippen molar-refractivity contribution in [3.8, 4) is 0 Å². The Hall–Kier alpha value is -0.570. The van der Waals surface area contributed by atoms with Crippen molar-refractivity contribution in [3.05, 3.63) is 0 Å². The number of carbonyl (C=O) groups is 1. The van der Waals surface area contributed by atoms with E-state index in [2.05, 4.69) is 6.92 Å². The van der Waals surface area contributed by atoms with Crippen LogP contribution in [0.2, 0.25) is 0 Å². The normalized spacial score (nSPS) is 29.9. The van der Waals surface area contributed by atoms with E-state index >= 15 is 0 Å². The maximum absolute atomic E-state index is 10.9. The van der Waals surface area contributed by atoms with E-state index < -0.39 is 12.0 Å². The molecule has 0 aromatic carbocycles. The number of nitrogens with two attached hydrogens (primary N) is 1. The summed E-state index contributed by atoms with van der Waals surface area (Å²) in [6.07, 6.45) is 4.66. The highest BCUT2D eigenvalue weighted by Crippen LogP contribution is 2.41. The van der Waals surface area contributed by atoms with Crippen LogP contribution in [0.1, 0.15) is 46.5 Å². The lowest BCUT2D eigenvalue weighted by atomic mass is 9.66. The molecule has 0 aliphatic heterocycles. The lowest BCUT2D eigenvalue weighted by Gasteiger charge is -2.40. The first kappa shape index (κ1) is 12.5. The van der Waals surface area contributed by atoms with Crippen LogP contribution in [0.5, 0.6) is 0 Å². The highest BCUT2D eigenvalue weighted by atomic mass is 16.4. The molecule has 1 atom stereocenters. The van der Waals surface area contributed by atoms with Crippen LogP contribution in [0.25, 0.3) is 0 Å². The van der Waals surface area contributed by atoms with Crippen LogP contribution in [-0.2, 0) is 4.79 Å². The van der Waals surface area contributed by atoms with Gasteiger partial charge in [0.25, 0.3) is 0 Å². The predicted molar refractivity (Wildman–Crippen MR) is 60.5 cm³/mol. The molecule has 15 heavy (non-hydrogen) atoms. The van der Waals surface area contributed by atoms with E-state index in [9.17, 15) is 4.79 Å². The highest BCUT2D eigenvalue weighted by molar-refractivity contribution is 5.74. The second-order valence-electron chi connectivity index (χ2n) is 5.59. The molecule has 1 aliphatic carbocycles. The summed E-state index contributed by atoms with van der Waals surface area (Å²) in [7, 11) is 0. The Morgan fingerprint density at radius 2 is 1.80 bits per heavy atom. The van der Waals surface area contributed by atoms with E-state index in [0.717, 1.165) is 18.8 Å². The van der Waals surface area contributed by atoms with Crippen molar-refractivity contribution in [2.24, 2.45) is 23.0 Å². The Bertz CT molecular complexity index is 230.